The van der Waals surface area contributed by atoms with Gasteiger partial charge in [-0.05, 0) is 36.1 Å². The van der Waals surface area contributed by atoms with Crippen LogP contribution in [0.5, 0.6) is 0 Å². The maximum Gasteiger partial charge on any atom is 0.249 e. The molecule has 1 N–H and O–H groups in total. The van der Waals surface area contributed by atoms with Gasteiger partial charge < -0.3 is 10.2 Å². The Balaban J connectivity index is 1.89. The van der Waals surface area contributed by atoms with Gasteiger partial charge in [-0.3, -0.25) is 4.79 Å². The molecule has 0 aliphatic carbocycles. The average Bonchev–Trinajstić information content (AvgIpc) is 2.52. The molecule has 3 nitrogen and oxygen atoms in total. The van der Waals surface area contributed by atoms with Gasteiger partial charge in [-0.25, -0.2) is 0 Å². The molecule has 0 radical (unpaired) electrons. The second-order valence-corrected chi connectivity index (χ2v) is 6.20. The number of nitrogens with one attached hydrogen (secondary N) is 1. The minimum absolute atomic E-state index is 0.117. The van der Waals surface area contributed by atoms with E-state index < -0.39 is 0 Å². The van der Waals surface area contributed by atoms with Crippen molar-refractivity contribution in [2.24, 2.45) is 0 Å². The van der Waals surface area contributed by atoms with Crippen molar-refractivity contribution in [2.75, 3.05) is 10.2 Å². The molecule has 3 rings (SSSR count). The Hall–Kier alpha value is -2.29. The zero-order chi connectivity index (χ0) is 15.7. The summed E-state index contributed by atoms with van der Waals surface area (Å²) in [6.45, 7) is 6.90. The number of carbonyl (C=O) groups is 1. The maximum absolute atomic E-state index is 12.5. The summed E-state index contributed by atoms with van der Waals surface area (Å²) in [5.74, 6) is 0.641. The molecule has 114 valence electrons. The van der Waals surface area contributed by atoms with Crippen molar-refractivity contribution in [3.63, 3.8) is 0 Å². The topological polar surface area (TPSA) is 32.3 Å². The van der Waals surface area contributed by atoms with E-state index in [9.17, 15) is 4.79 Å². The Morgan fingerprint density at radius 3 is 2.45 bits per heavy atom. The largest absolute Gasteiger partial charge is 0.372 e. The van der Waals surface area contributed by atoms with Crippen LogP contribution in [-0.2, 0) is 11.3 Å². The second-order valence-electron chi connectivity index (χ2n) is 6.20. The summed E-state index contributed by atoms with van der Waals surface area (Å²) in [7, 11) is 0. The highest BCUT2D eigenvalue weighted by molar-refractivity contribution is 6.04. The van der Waals surface area contributed by atoms with E-state index in [-0.39, 0.29) is 11.9 Å². The van der Waals surface area contributed by atoms with Gasteiger partial charge in [0.1, 0.15) is 6.04 Å². The fourth-order valence-electron chi connectivity index (χ4n) is 2.83. The fourth-order valence-corrected chi connectivity index (χ4v) is 2.83. The first-order valence-corrected chi connectivity index (χ1v) is 7.82. The van der Waals surface area contributed by atoms with Gasteiger partial charge in [0.15, 0.2) is 0 Å². The van der Waals surface area contributed by atoms with E-state index in [0.29, 0.717) is 12.5 Å². The summed E-state index contributed by atoms with van der Waals surface area (Å²) in [5, 5.41) is 3.26. The van der Waals surface area contributed by atoms with Crippen LogP contribution in [0.1, 0.15) is 37.8 Å². The zero-order valence-electron chi connectivity index (χ0n) is 13.3. The molecule has 1 amide bonds. The Morgan fingerprint density at radius 2 is 1.77 bits per heavy atom. The van der Waals surface area contributed by atoms with Crippen molar-refractivity contribution in [3.8, 4) is 0 Å². The van der Waals surface area contributed by atoms with Crippen LogP contribution in [0.25, 0.3) is 0 Å². The normalized spacial score (nSPS) is 17.4. The molecule has 1 aliphatic rings. The summed E-state index contributed by atoms with van der Waals surface area (Å²) in [5.41, 5.74) is 4.46. The van der Waals surface area contributed by atoms with Gasteiger partial charge >= 0.3 is 0 Å². The number of nitrogens with zero attached hydrogens (tertiary/aromatic N) is 1. The van der Waals surface area contributed by atoms with Crippen LogP contribution in [0.3, 0.4) is 0 Å². The lowest BCUT2D eigenvalue weighted by molar-refractivity contribution is -0.119. The lowest BCUT2D eigenvalue weighted by Gasteiger charge is -2.34. The summed E-state index contributed by atoms with van der Waals surface area (Å²) in [6, 6.07) is 16.3. The molecule has 0 bridgehead atoms. The van der Waals surface area contributed by atoms with E-state index in [1.807, 2.05) is 36.1 Å². The summed E-state index contributed by atoms with van der Waals surface area (Å²) >= 11 is 0. The van der Waals surface area contributed by atoms with E-state index in [1.165, 1.54) is 5.56 Å². The van der Waals surface area contributed by atoms with Crippen LogP contribution >= 0.6 is 0 Å². The SMILES string of the molecule is CC1Nc2ccccc2N(Cc2ccc(C(C)C)cc2)C1=O. The first-order chi connectivity index (χ1) is 10.6. The minimum Gasteiger partial charge on any atom is -0.372 e. The third-order valence-corrected chi connectivity index (χ3v) is 4.19. The monoisotopic (exact) mass is 294 g/mol. The van der Waals surface area contributed by atoms with Gasteiger partial charge in [0.05, 0.1) is 17.9 Å². The highest BCUT2D eigenvalue weighted by atomic mass is 16.2. The quantitative estimate of drug-likeness (QED) is 0.922. The number of hydrogen-bond donors (Lipinski definition) is 1. The van der Waals surface area contributed by atoms with Crippen molar-refractivity contribution >= 4 is 17.3 Å². The Morgan fingerprint density at radius 1 is 1.09 bits per heavy atom. The molecule has 0 spiro atoms. The van der Waals surface area contributed by atoms with Crippen LogP contribution in [0.2, 0.25) is 0 Å². The van der Waals surface area contributed by atoms with Crippen molar-refractivity contribution in [2.45, 2.75) is 39.3 Å². The number of fused-ring (bicyclic) bond motifs is 1. The Labute approximate surface area is 132 Å². The van der Waals surface area contributed by atoms with E-state index in [0.717, 1.165) is 16.9 Å². The van der Waals surface area contributed by atoms with Gasteiger partial charge in [0.2, 0.25) is 5.91 Å². The van der Waals surface area contributed by atoms with Crippen LogP contribution in [0.15, 0.2) is 48.5 Å². The predicted octanol–water partition coefficient (Wildman–Crippen LogP) is 4.16. The zero-order valence-corrected chi connectivity index (χ0v) is 13.3. The van der Waals surface area contributed by atoms with E-state index in [1.54, 1.807) is 0 Å². The van der Waals surface area contributed by atoms with Gasteiger partial charge in [0.25, 0.3) is 0 Å². The van der Waals surface area contributed by atoms with E-state index >= 15 is 0 Å². The fraction of sp³-hybridized carbons (Fsp3) is 0.316. The molecular formula is C19H22N2O. The number of benzene rings is 2. The second kappa shape index (κ2) is 5.84. The third-order valence-electron chi connectivity index (χ3n) is 4.19. The smallest absolute Gasteiger partial charge is 0.249 e. The maximum atomic E-state index is 12.5. The summed E-state index contributed by atoms with van der Waals surface area (Å²) < 4.78 is 0. The number of amides is 1. The number of carbonyl (C=O) groups excluding carboxylic acids is 1. The molecule has 0 saturated carbocycles. The standard InChI is InChI=1S/C19H22N2O/c1-13(2)16-10-8-15(9-11-16)12-21-18-7-5-4-6-17(18)20-14(3)19(21)22/h4-11,13-14,20H,12H2,1-3H3. The van der Waals surface area contributed by atoms with Crippen LogP contribution in [-0.4, -0.2) is 11.9 Å². The number of para-hydroxylation sites is 2. The molecule has 0 fully saturated rings. The summed E-state index contributed by atoms with van der Waals surface area (Å²) in [4.78, 5) is 14.4. The molecule has 2 aromatic rings. The van der Waals surface area contributed by atoms with Crippen molar-refractivity contribution < 1.29 is 4.79 Å². The number of rotatable bonds is 3. The molecule has 0 saturated heterocycles. The van der Waals surface area contributed by atoms with Gasteiger partial charge in [-0.15, -0.1) is 0 Å². The molecule has 22 heavy (non-hydrogen) atoms. The first kappa shape index (κ1) is 14.6. The highest BCUT2D eigenvalue weighted by Crippen LogP contribution is 2.32. The van der Waals surface area contributed by atoms with Crippen molar-refractivity contribution in [1.82, 2.24) is 0 Å². The predicted molar refractivity (Wildman–Crippen MR) is 91.2 cm³/mol. The van der Waals surface area contributed by atoms with Gasteiger partial charge in [-0.2, -0.15) is 0 Å². The van der Waals surface area contributed by atoms with Crippen LogP contribution in [0.4, 0.5) is 11.4 Å². The molecule has 1 atom stereocenters. The lowest BCUT2D eigenvalue weighted by Crippen LogP contribution is -2.45. The molecule has 0 aromatic heterocycles. The lowest BCUT2D eigenvalue weighted by atomic mass is 10.0. The van der Waals surface area contributed by atoms with Gasteiger partial charge in [-0.1, -0.05) is 50.2 Å². The molecular weight excluding hydrogens is 272 g/mol. The Kier molecular flexibility index (Phi) is 3.88. The van der Waals surface area contributed by atoms with E-state index in [4.69, 9.17) is 0 Å². The van der Waals surface area contributed by atoms with Crippen molar-refractivity contribution in [1.29, 1.82) is 0 Å². The van der Waals surface area contributed by atoms with Crippen molar-refractivity contribution in [3.05, 3.63) is 59.7 Å². The van der Waals surface area contributed by atoms with Gasteiger partial charge in [0, 0.05) is 0 Å². The summed E-state index contributed by atoms with van der Waals surface area (Å²) in [6.07, 6.45) is 0. The third kappa shape index (κ3) is 2.71. The molecule has 1 heterocycles. The molecule has 2 aromatic carbocycles. The molecule has 1 unspecified atom stereocenters. The molecule has 1 aliphatic heterocycles. The number of anilines is 2. The molecule has 3 heteroatoms. The highest BCUT2D eigenvalue weighted by Gasteiger charge is 2.29. The Bertz CT molecular complexity index is 676. The van der Waals surface area contributed by atoms with Crippen LogP contribution < -0.4 is 10.2 Å². The minimum atomic E-state index is -0.190. The average molecular weight is 294 g/mol. The van der Waals surface area contributed by atoms with E-state index in [2.05, 4.69) is 43.4 Å². The number of hydrogen-bond acceptors (Lipinski definition) is 2. The first-order valence-electron chi connectivity index (χ1n) is 7.82. The van der Waals surface area contributed by atoms with Crippen LogP contribution in [0, 0.1) is 0 Å².